The number of rotatable bonds is 3. The summed E-state index contributed by atoms with van der Waals surface area (Å²) in [6.07, 6.45) is 2.95. The summed E-state index contributed by atoms with van der Waals surface area (Å²) >= 11 is 0. The van der Waals surface area contributed by atoms with Gasteiger partial charge in [-0.25, -0.2) is 14.8 Å². The van der Waals surface area contributed by atoms with E-state index in [1.165, 1.54) is 12.4 Å². The van der Waals surface area contributed by atoms with E-state index in [2.05, 4.69) is 14.7 Å². The molecule has 1 rings (SSSR count). The van der Waals surface area contributed by atoms with Crippen LogP contribution < -0.4 is 4.74 Å². The SMILES string of the molecule is O=C(O)COc1ncccn1. The zero-order valence-corrected chi connectivity index (χ0v) is 5.60. The minimum absolute atomic E-state index is 0.0786. The van der Waals surface area contributed by atoms with E-state index >= 15 is 0 Å². The lowest BCUT2D eigenvalue weighted by Gasteiger charge is -1.97. The normalized spacial score (nSPS) is 9.09. The Bertz CT molecular complexity index is 237. The van der Waals surface area contributed by atoms with Crippen molar-refractivity contribution in [3.05, 3.63) is 18.5 Å². The molecule has 0 aliphatic carbocycles. The largest absolute Gasteiger partial charge is 0.479 e. The van der Waals surface area contributed by atoms with Crippen LogP contribution >= 0.6 is 0 Å². The van der Waals surface area contributed by atoms with E-state index in [9.17, 15) is 4.79 Å². The van der Waals surface area contributed by atoms with Crippen molar-refractivity contribution in [3.8, 4) is 6.01 Å². The first-order valence-electron chi connectivity index (χ1n) is 2.90. The second-order valence-corrected chi connectivity index (χ2v) is 1.71. The van der Waals surface area contributed by atoms with Gasteiger partial charge in [-0.3, -0.25) is 0 Å². The first kappa shape index (κ1) is 7.46. The number of ether oxygens (including phenoxy) is 1. The number of carboxylic acid groups (broad SMARTS) is 1. The van der Waals surface area contributed by atoms with E-state index in [-0.39, 0.29) is 6.01 Å². The second kappa shape index (κ2) is 3.50. The maximum atomic E-state index is 9.99. The standard InChI is InChI=1S/C6H6N2O3/c9-5(10)4-11-6-7-2-1-3-8-6/h1-3H,4H2,(H,9,10). The lowest BCUT2D eigenvalue weighted by atomic mass is 10.7. The molecule has 0 saturated heterocycles. The second-order valence-electron chi connectivity index (χ2n) is 1.71. The predicted octanol–water partition coefficient (Wildman–Crippen LogP) is -0.0600. The maximum absolute atomic E-state index is 9.99. The Hall–Kier alpha value is -1.65. The van der Waals surface area contributed by atoms with Gasteiger partial charge in [0.1, 0.15) is 0 Å². The third kappa shape index (κ3) is 2.61. The minimum atomic E-state index is -1.04. The number of nitrogens with zero attached hydrogens (tertiary/aromatic N) is 2. The van der Waals surface area contributed by atoms with E-state index < -0.39 is 12.6 Å². The van der Waals surface area contributed by atoms with Gasteiger partial charge in [0.05, 0.1) is 0 Å². The molecule has 0 spiro atoms. The molecular formula is C6H6N2O3. The lowest BCUT2D eigenvalue weighted by Crippen LogP contribution is -2.10. The highest BCUT2D eigenvalue weighted by molar-refractivity contribution is 5.68. The van der Waals surface area contributed by atoms with E-state index in [1.807, 2.05) is 0 Å². The van der Waals surface area contributed by atoms with Crippen LogP contribution in [0.4, 0.5) is 0 Å². The highest BCUT2D eigenvalue weighted by atomic mass is 16.5. The fourth-order valence-corrected chi connectivity index (χ4v) is 0.486. The summed E-state index contributed by atoms with van der Waals surface area (Å²) in [5.74, 6) is -1.04. The van der Waals surface area contributed by atoms with Crippen molar-refractivity contribution >= 4 is 5.97 Å². The molecule has 0 atom stereocenters. The molecule has 0 aliphatic rings. The van der Waals surface area contributed by atoms with Crippen LogP contribution in [-0.4, -0.2) is 27.7 Å². The molecular weight excluding hydrogens is 148 g/mol. The fraction of sp³-hybridized carbons (Fsp3) is 0.167. The molecule has 5 nitrogen and oxygen atoms in total. The topological polar surface area (TPSA) is 72.3 Å². The zero-order valence-electron chi connectivity index (χ0n) is 5.60. The number of aliphatic carboxylic acids is 1. The smallest absolute Gasteiger partial charge is 0.341 e. The molecule has 1 N–H and O–H groups in total. The molecule has 0 bridgehead atoms. The number of hydrogen-bond acceptors (Lipinski definition) is 4. The molecule has 0 aromatic carbocycles. The van der Waals surface area contributed by atoms with E-state index in [4.69, 9.17) is 5.11 Å². The van der Waals surface area contributed by atoms with Crippen molar-refractivity contribution in [2.45, 2.75) is 0 Å². The third-order valence-corrected chi connectivity index (χ3v) is 0.867. The van der Waals surface area contributed by atoms with Crippen LogP contribution in [0.2, 0.25) is 0 Å². The van der Waals surface area contributed by atoms with Crippen LogP contribution in [0.5, 0.6) is 6.01 Å². The van der Waals surface area contributed by atoms with Crippen LogP contribution in [0.15, 0.2) is 18.5 Å². The summed E-state index contributed by atoms with van der Waals surface area (Å²) in [6.45, 7) is -0.413. The van der Waals surface area contributed by atoms with Crippen molar-refractivity contribution < 1.29 is 14.6 Å². The average Bonchev–Trinajstić information content (AvgIpc) is 2.03. The van der Waals surface area contributed by atoms with Gasteiger partial charge < -0.3 is 9.84 Å². The van der Waals surface area contributed by atoms with Gasteiger partial charge in [-0.1, -0.05) is 0 Å². The average molecular weight is 154 g/mol. The highest BCUT2D eigenvalue weighted by Gasteiger charge is 1.98. The Balaban J connectivity index is 2.45. The van der Waals surface area contributed by atoms with Gasteiger partial charge in [0.15, 0.2) is 6.61 Å². The monoisotopic (exact) mass is 154 g/mol. The molecule has 0 saturated carbocycles. The Morgan fingerprint density at radius 1 is 1.55 bits per heavy atom. The molecule has 1 aromatic heterocycles. The van der Waals surface area contributed by atoms with Crippen LogP contribution in [0, 0.1) is 0 Å². The van der Waals surface area contributed by atoms with Gasteiger partial charge in [0, 0.05) is 12.4 Å². The minimum Gasteiger partial charge on any atom is -0.479 e. The molecule has 0 aliphatic heterocycles. The molecule has 0 radical (unpaired) electrons. The van der Waals surface area contributed by atoms with Gasteiger partial charge >= 0.3 is 12.0 Å². The van der Waals surface area contributed by atoms with Crippen molar-refractivity contribution in [2.75, 3.05) is 6.61 Å². The van der Waals surface area contributed by atoms with Crippen LogP contribution in [0.3, 0.4) is 0 Å². The Kier molecular flexibility index (Phi) is 2.37. The fourth-order valence-electron chi connectivity index (χ4n) is 0.486. The summed E-state index contributed by atoms with van der Waals surface area (Å²) in [5.41, 5.74) is 0. The zero-order chi connectivity index (χ0) is 8.10. The molecule has 0 amide bonds. The van der Waals surface area contributed by atoms with Gasteiger partial charge in [-0.2, -0.15) is 0 Å². The van der Waals surface area contributed by atoms with Gasteiger partial charge in [0.25, 0.3) is 0 Å². The highest BCUT2D eigenvalue weighted by Crippen LogP contribution is 1.95. The van der Waals surface area contributed by atoms with Crippen molar-refractivity contribution in [3.63, 3.8) is 0 Å². The molecule has 0 fully saturated rings. The number of hydrogen-bond donors (Lipinski definition) is 1. The Morgan fingerprint density at radius 2 is 2.18 bits per heavy atom. The molecule has 5 heteroatoms. The van der Waals surface area contributed by atoms with E-state index in [0.717, 1.165) is 0 Å². The molecule has 11 heavy (non-hydrogen) atoms. The maximum Gasteiger partial charge on any atom is 0.341 e. The lowest BCUT2D eigenvalue weighted by molar-refractivity contribution is -0.139. The van der Waals surface area contributed by atoms with Crippen molar-refractivity contribution in [1.82, 2.24) is 9.97 Å². The van der Waals surface area contributed by atoms with Crippen LogP contribution in [-0.2, 0) is 4.79 Å². The Morgan fingerprint density at radius 3 is 2.73 bits per heavy atom. The summed E-state index contributed by atoms with van der Waals surface area (Å²) < 4.78 is 4.65. The third-order valence-electron chi connectivity index (χ3n) is 0.867. The molecule has 0 unspecified atom stereocenters. The molecule has 1 aromatic rings. The van der Waals surface area contributed by atoms with Crippen molar-refractivity contribution in [2.24, 2.45) is 0 Å². The summed E-state index contributed by atoms with van der Waals surface area (Å²) in [5, 5.41) is 8.19. The predicted molar refractivity (Wildman–Crippen MR) is 35.2 cm³/mol. The summed E-state index contributed by atoms with van der Waals surface area (Å²) in [6, 6.07) is 1.70. The van der Waals surface area contributed by atoms with Gasteiger partial charge in [-0.05, 0) is 6.07 Å². The molecule has 1 heterocycles. The quantitative estimate of drug-likeness (QED) is 0.660. The van der Waals surface area contributed by atoms with Gasteiger partial charge in [0.2, 0.25) is 0 Å². The first-order valence-corrected chi connectivity index (χ1v) is 2.90. The van der Waals surface area contributed by atoms with Crippen molar-refractivity contribution in [1.29, 1.82) is 0 Å². The number of aromatic nitrogens is 2. The number of carbonyl (C=O) groups is 1. The summed E-state index contributed by atoms with van der Waals surface area (Å²) in [7, 11) is 0. The first-order chi connectivity index (χ1) is 5.29. The van der Waals surface area contributed by atoms with Crippen LogP contribution in [0.1, 0.15) is 0 Å². The summed E-state index contributed by atoms with van der Waals surface area (Å²) in [4.78, 5) is 17.3. The van der Waals surface area contributed by atoms with Crippen LogP contribution in [0.25, 0.3) is 0 Å². The van der Waals surface area contributed by atoms with E-state index in [1.54, 1.807) is 6.07 Å². The van der Waals surface area contributed by atoms with E-state index in [0.29, 0.717) is 0 Å². The Labute approximate surface area is 62.7 Å². The number of carboxylic acids is 1. The molecule has 58 valence electrons. The van der Waals surface area contributed by atoms with Gasteiger partial charge in [-0.15, -0.1) is 0 Å².